The first-order chi connectivity index (χ1) is 5.00. The van der Waals surface area contributed by atoms with Crippen molar-refractivity contribution in [3.63, 3.8) is 0 Å². The SMILES string of the molecule is NN/C(C(=O)Cl)=C(\N)C(=O)Cl. The van der Waals surface area contributed by atoms with Crippen molar-refractivity contribution in [3.05, 3.63) is 11.4 Å². The van der Waals surface area contributed by atoms with Crippen LogP contribution in [0.4, 0.5) is 0 Å². The van der Waals surface area contributed by atoms with Gasteiger partial charge in [0, 0.05) is 0 Å². The molecular weight excluding hydrogens is 193 g/mol. The second kappa shape index (κ2) is 4.17. The summed E-state index contributed by atoms with van der Waals surface area (Å²) in [5, 5.41) is -1.97. The second-order valence-electron chi connectivity index (χ2n) is 1.48. The molecule has 0 saturated carbocycles. The monoisotopic (exact) mass is 197 g/mol. The highest BCUT2D eigenvalue weighted by Crippen LogP contribution is 2.01. The molecule has 0 aliphatic heterocycles. The van der Waals surface area contributed by atoms with E-state index < -0.39 is 21.9 Å². The molecule has 0 atom stereocenters. The molecule has 0 radical (unpaired) electrons. The largest absolute Gasteiger partial charge is 0.393 e. The van der Waals surface area contributed by atoms with Gasteiger partial charge in [-0.3, -0.25) is 15.4 Å². The highest BCUT2D eigenvalue weighted by Gasteiger charge is 2.13. The van der Waals surface area contributed by atoms with Crippen molar-refractivity contribution in [3.8, 4) is 0 Å². The van der Waals surface area contributed by atoms with Gasteiger partial charge in [-0.15, -0.1) is 0 Å². The number of carbonyl (C=O) groups is 2. The molecule has 0 aromatic rings. The second-order valence-corrected chi connectivity index (χ2v) is 2.17. The van der Waals surface area contributed by atoms with Crippen LogP contribution in [0.15, 0.2) is 11.4 Å². The van der Waals surface area contributed by atoms with Gasteiger partial charge in [0.05, 0.1) is 0 Å². The normalized spacial score (nSPS) is 11.9. The summed E-state index contributed by atoms with van der Waals surface area (Å²) in [5.41, 5.74) is 5.96. The van der Waals surface area contributed by atoms with Crippen LogP contribution in [0.25, 0.3) is 0 Å². The number of halogens is 2. The van der Waals surface area contributed by atoms with E-state index in [2.05, 4.69) is 0 Å². The lowest BCUT2D eigenvalue weighted by Gasteiger charge is -2.01. The standard InChI is InChI=1S/C4H5Cl2N3O2/c5-3(10)1(7)2(9-8)4(6)11/h9H,7-8H2/b2-1-. The van der Waals surface area contributed by atoms with Crippen LogP contribution in [0.3, 0.4) is 0 Å². The minimum atomic E-state index is -0.994. The van der Waals surface area contributed by atoms with Gasteiger partial charge >= 0.3 is 0 Å². The summed E-state index contributed by atoms with van der Waals surface area (Å²) < 4.78 is 0. The zero-order valence-electron chi connectivity index (χ0n) is 5.23. The Morgan fingerprint density at radius 3 is 1.73 bits per heavy atom. The van der Waals surface area contributed by atoms with Gasteiger partial charge in [-0.2, -0.15) is 0 Å². The number of hydrogen-bond acceptors (Lipinski definition) is 5. The van der Waals surface area contributed by atoms with Crippen molar-refractivity contribution in [1.29, 1.82) is 0 Å². The minimum absolute atomic E-state index is 0.410. The summed E-state index contributed by atoms with van der Waals surface area (Å²) in [6.45, 7) is 0. The maximum absolute atomic E-state index is 10.4. The van der Waals surface area contributed by atoms with Crippen LogP contribution >= 0.6 is 23.2 Å². The molecule has 0 aromatic carbocycles. The third kappa shape index (κ3) is 2.75. The molecule has 0 aliphatic carbocycles. The summed E-state index contributed by atoms with van der Waals surface area (Å²) in [4.78, 5) is 20.7. The Morgan fingerprint density at radius 1 is 1.18 bits per heavy atom. The molecule has 0 heterocycles. The lowest BCUT2D eigenvalue weighted by molar-refractivity contribution is -0.111. The summed E-state index contributed by atoms with van der Waals surface area (Å²) in [6.07, 6.45) is 0. The minimum Gasteiger partial charge on any atom is -0.393 e. The zero-order valence-corrected chi connectivity index (χ0v) is 6.74. The number of hydrazine groups is 1. The van der Waals surface area contributed by atoms with Crippen LogP contribution < -0.4 is 17.0 Å². The summed E-state index contributed by atoms with van der Waals surface area (Å²) >= 11 is 9.87. The van der Waals surface area contributed by atoms with Crippen molar-refractivity contribution in [2.75, 3.05) is 0 Å². The van der Waals surface area contributed by atoms with Gasteiger partial charge in [-0.25, -0.2) is 0 Å². The van der Waals surface area contributed by atoms with Crippen LogP contribution in [0.1, 0.15) is 0 Å². The lowest BCUT2D eigenvalue weighted by atomic mass is 10.4. The third-order valence-corrected chi connectivity index (χ3v) is 1.21. The molecule has 7 heteroatoms. The molecule has 0 aliphatic rings. The molecule has 62 valence electrons. The molecule has 5 N–H and O–H groups in total. The topological polar surface area (TPSA) is 98.2 Å². The third-order valence-electron chi connectivity index (χ3n) is 0.822. The molecular formula is C4H5Cl2N3O2. The first-order valence-electron chi connectivity index (χ1n) is 2.36. The van der Waals surface area contributed by atoms with Crippen LogP contribution in [-0.2, 0) is 9.59 Å². The number of hydrogen-bond donors (Lipinski definition) is 3. The Hall–Kier alpha value is -0.780. The van der Waals surface area contributed by atoms with Crippen molar-refractivity contribution >= 4 is 33.7 Å². The van der Waals surface area contributed by atoms with Crippen molar-refractivity contribution < 1.29 is 9.59 Å². The van der Waals surface area contributed by atoms with Crippen LogP contribution in [0, 0.1) is 0 Å². The number of nitrogens with one attached hydrogen (secondary N) is 1. The van der Waals surface area contributed by atoms with E-state index >= 15 is 0 Å². The summed E-state index contributed by atoms with van der Waals surface area (Å²) in [7, 11) is 0. The van der Waals surface area contributed by atoms with Crippen molar-refractivity contribution in [2.24, 2.45) is 11.6 Å². The van der Waals surface area contributed by atoms with Gasteiger partial charge in [-0.1, -0.05) is 0 Å². The Balaban J connectivity index is 4.83. The fourth-order valence-electron chi connectivity index (χ4n) is 0.339. The van der Waals surface area contributed by atoms with Gasteiger partial charge in [0.1, 0.15) is 11.4 Å². The molecule has 0 saturated heterocycles. The highest BCUT2D eigenvalue weighted by atomic mass is 35.5. The number of nitrogens with two attached hydrogens (primary N) is 2. The van der Waals surface area contributed by atoms with Gasteiger partial charge < -0.3 is 11.2 Å². The Morgan fingerprint density at radius 2 is 1.64 bits per heavy atom. The van der Waals surface area contributed by atoms with Gasteiger partial charge in [0.2, 0.25) is 0 Å². The van der Waals surface area contributed by atoms with Gasteiger partial charge in [-0.05, 0) is 23.2 Å². The van der Waals surface area contributed by atoms with Gasteiger partial charge in [0.15, 0.2) is 0 Å². The number of carbonyl (C=O) groups excluding carboxylic acids is 2. The number of rotatable bonds is 3. The molecule has 0 aromatic heterocycles. The molecule has 0 amide bonds. The van der Waals surface area contributed by atoms with Crippen LogP contribution in [-0.4, -0.2) is 10.5 Å². The van der Waals surface area contributed by atoms with Crippen molar-refractivity contribution in [1.82, 2.24) is 5.43 Å². The highest BCUT2D eigenvalue weighted by molar-refractivity contribution is 6.71. The number of allylic oxidation sites excluding steroid dienone is 2. The molecule has 0 unspecified atom stereocenters. The summed E-state index contributed by atoms with van der Waals surface area (Å²) in [5.74, 6) is 4.81. The van der Waals surface area contributed by atoms with E-state index in [1.807, 2.05) is 5.43 Å². The Bertz CT molecular complexity index is 225. The Kier molecular flexibility index (Phi) is 3.88. The molecule has 11 heavy (non-hydrogen) atoms. The van der Waals surface area contributed by atoms with Crippen molar-refractivity contribution in [2.45, 2.75) is 0 Å². The molecule has 0 spiro atoms. The van der Waals surface area contributed by atoms with E-state index in [9.17, 15) is 9.59 Å². The molecule has 5 nitrogen and oxygen atoms in total. The fraction of sp³-hybridized carbons (Fsp3) is 0. The van der Waals surface area contributed by atoms with E-state index in [4.69, 9.17) is 34.8 Å². The average Bonchev–Trinajstić information content (AvgIpc) is 1.88. The van der Waals surface area contributed by atoms with E-state index in [0.717, 1.165) is 0 Å². The van der Waals surface area contributed by atoms with E-state index in [1.54, 1.807) is 0 Å². The van der Waals surface area contributed by atoms with E-state index in [-0.39, 0.29) is 0 Å². The van der Waals surface area contributed by atoms with E-state index in [0.29, 0.717) is 0 Å². The quantitative estimate of drug-likeness (QED) is 0.237. The van der Waals surface area contributed by atoms with Crippen LogP contribution in [0.5, 0.6) is 0 Å². The molecule has 0 fully saturated rings. The zero-order chi connectivity index (χ0) is 9.02. The first kappa shape index (κ1) is 10.2. The first-order valence-corrected chi connectivity index (χ1v) is 3.12. The summed E-state index contributed by atoms with van der Waals surface area (Å²) in [6, 6.07) is 0. The smallest absolute Gasteiger partial charge is 0.271 e. The van der Waals surface area contributed by atoms with Crippen LogP contribution in [0.2, 0.25) is 0 Å². The van der Waals surface area contributed by atoms with Gasteiger partial charge in [0.25, 0.3) is 10.5 Å². The molecule has 0 bridgehead atoms. The maximum atomic E-state index is 10.4. The molecule has 0 rings (SSSR count). The predicted octanol–water partition coefficient (Wildman–Crippen LogP) is -0.849. The van der Waals surface area contributed by atoms with E-state index in [1.165, 1.54) is 0 Å². The lowest BCUT2D eigenvalue weighted by Crippen LogP contribution is -2.29. The average molecular weight is 198 g/mol. The maximum Gasteiger partial charge on any atom is 0.271 e. The fourth-order valence-corrected chi connectivity index (χ4v) is 0.589. The Labute approximate surface area is 72.3 Å². The predicted molar refractivity (Wildman–Crippen MR) is 40.3 cm³/mol.